The predicted octanol–water partition coefficient (Wildman–Crippen LogP) is 0.959. The molecule has 2 atom stereocenters. The normalized spacial score (nSPS) is 30.6. The Morgan fingerprint density at radius 3 is 2.70 bits per heavy atom. The monoisotopic (exact) mass is 280 g/mol. The molecule has 2 saturated heterocycles. The molecule has 5 heteroatoms. The van der Waals surface area contributed by atoms with E-state index < -0.39 is 0 Å². The number of amides is 2. The number of likely N-dealkylation sites (N-methyl/N-ethyl adjacent to an activating group) is 2. The fourth-order valence-electron chi connectivity index (χ4n) is 3.64. The van der Waals surface area contributed by atoms with Gasteiger partial charge in [0, 0.05) is 44.3 Å². The minimum absolute atomic E-state index is 0.134. The molecule has 3 aliphatic rings. The van der Waals surface area contributed by atoms with Crippen LogP contribution in [0.5, 0.6) is 0 Å². The molecule has 5 nitrogen and oxygen atoms in total. The quantitative estimate of drug-likeness (QED) is 0.833. The molecular weight excluding hydrogens is 252 g/mol. The van der Waals surface area contributed by atoms with Crippen molar-refractivity contribution in [3.8, 4) is 0 Å². The molecule has 1 N–H and O–H groups in total. The van der Waals surface area contributed by atoms with Gasteiger partial charge >= 0.3 is 6.03 Å². The highest BCUT2D eigenvalue weighted by Crippen LogP contribution is 2.28. The Labute approximate surface area is 122 Å². The van der Waals surface area contributed by atoms with Gasteiger partial charge in [-0.15, -0.1) is 0 Å². The molecule has 2 amide bonds. The number of hydrogen-bond donors (Lipinski definition) is 1. The van der Waals surface area contributed by atoms with Gasteiger partial charge in [0.25, 0.3) is 0 Å². The summed E-state index contributed by atoms with van der Waals surface area (Å²) in [4.78, 5) is 19.1. The SMILES string of the molecule is CN(CCNC(=O)N1CC[C@H]2CC[C@@H](C1)N2C)C1CC1. The van der Waals surface area contributed by atoms with Crippen molar-refractivity contribution >= 4 is 6.03 Å². The van der Waals surface area contributed by atoms with Crippen molar-refractivity contribution in [2.24, 2.45) is 0 Å². The van der Waals surface area contributed by atoms with Crippen molar-refractivity contribution in [3.63, 3.8) is 0 Å². The van der Waals surface area contributed by atoms with E-state index in [0.717, 1.165) is 38.6 Å². The summed E-state index contributed by atoms with van der Waals surface area (Å²) in [5, 5.41) is 3.09. The third-order valence-electron chi connectivity index (χ3n) is 5.35. The van der Waals surface area contributed by atoms with Crippen LogP contribution < -0.4 is 5.32 Å². The van der Waals surface area contributed by atoms with E-state index in [2.05, 4.69) is 29.2 Å². The number of likely N-dealkylation sites (tertiary alicyclic amines) is 1. The summed E-state index contributed by atoms with van der Waals surface area (Å²) in [7, 11) is 4.37. The van der Waals surface area contributed by atoms with Gasteiger partial charge in [0.15, 0.2) is 0 Å². The van der Waals surface area contributed by atoms with E-state index >= 15 is 0 Å². The number of carbonyl (C=O) groups excluding carboxylic acids is 1. The Bertz CT molecular complexity index is 358. The number of rotatable bonds is 4. The molecule has 2 bridgehead atoms. The van der Waals surface area contributed by atoms with E-state index in [1.807, 2.05) is 4.90 Å². The van der Waals surface area contributed by atoms with Crippen molar-refractivity contribution in [1.29, 1.82) is 0 Å². The van der Waals surface area contributed by atoms with Crippen LogP contribution in [-0.4, -0.2) is 79.1 Å². The molecule has 0 spiro atoms. The van der Waals surface area contributed by atoms with Crippen LogP contribution in [0.4, 0.5) is 4.79 Å². The van der Waals surface area contributed by atoms with Crippen molar-refractivity contribution in [3.05, 3.63) is 0 Å². The molecule has 1 aliphatic carbocycles. The topological polar surface area (TPSA) is 38.8 Å². The first-order valence-corrected chi connectivity index (χ1v) is 8.10. The van der Waals surface area contributed by atoms with Gasteiger partial charge in [-0.25, -0.2) is 4.79 Å². The fraction of sp³-hybridized carbons (Fsp3) is 0.933. The van der Waals surface area contributed by atoms with E-state index in [4.69, 9.17) is 0 Å². The molecule has 20 heavy (non-hydrogen) atoms. The predicted molar refractivity (Wildman–Crippen MR) is 79.8 cm³/mol. The van der Waals surface area contributed by atoms with Crippen LogP contribution in [0.3, 0.4) is 0 Å². The number of nitrogens with zero attached hydrogens (tertiary/aromatic N) is 3. The minimum Gasteiger partial charge on any atom is -0.337 e. The van der Waals surface area contributed by atoms with Gasteiger partial charge in [-0.05, 0) is 46.2 Å². The van der Waals surface area contributed by atoms with Crippen LogP contribution in [0.25, 0.3) is 0 Å². The van der Waals surface area contributed by atoms with Crippen LogP contribution in [0.1, 0.15) is 32.1 Å². The van der Waals surface area contributed by atoms with E-state index in [0.29, 0.717) is 12.1 Å². The zero-order chi connectivity index (χ0) is 14.1. The van der Waals surface area contributed by atoms with Gasteiger partial charge in [-0.3, -0.25) is 4.90 Å². The number of carbonyl (C=O) groups is 1. The summed E-state index contributed by atoms with van der Waals surface area (Å²) in [6.45, 7) is 3.55. The number of nitrogens with one attached hydrogen (secondary N) is 1. The van der Waals surface area contributed by atoms with Crippen LogP contribution in [-0.2, 0) is 0 Å². The second kappa shape index (κ2) is 5.90. The average molecular weight is 280 g/mol. The van der Waals surface area contributed by atoms with Crippen molar-refractivity contribution < 1.29 is 4.79 Å². The van der Waals surface area contributed by atoms with Gasteiger partial charge in [-0.2, -0.15) is 0 Å². The zero-order valence-electron chi connectivity index (χ0n) is 12.8. The highest BCUT2D eigenvalue weighted by atomic mass is 16.2. The third-order valence-corrected chi connectivity index (χ3v) is 5.35. The highest BCUT2D eigenvalue weighted by Gasteiger charge is 2.35. The van der Waals surface area contributed by atoms with E-state index in [-0.39, 0.29) is 6.03 Å². The largest absolute Gasteiger partial charge is 0.337 e. The van der Waals surface area contributed by atoms with Gasteiger partial charge in [0.05, 0.1) is 0 Å². The molecule has 0 unspecified atom stereocenters. The minimum atomic E-state index is 0.134. The van der Waals surface area contributed by atoms with Crippen LogP contribution in [0.15, 0.2) is 0 Å². The fourth-order valence-corrected chi connectivity index (χ4v) is 3.64. The Morgan fingerprint density at radius 2 is 1.95 bits per heavy atom. The first-order chi connectivity index (χ1) is 9.65. The Balaban J connectivity index is 1.42. The zero-order valence-corrected chi connectivity index (χ0v) is 12.8. The van der Waals surface area contributed by atoms with Crippen LogP contribution in [0.2, 0.25) is 0 Å². The smallest absolute Gasteiger partial charge is 0.317 e. The Kier molecular flexibility index (Phi) is 4.17. The van der Waals surface area contributed by atoms with Crippen molar-refractivity contribution in [2.75, 3.05) is 40.3 Å². The van der Waals surface area contributed by atoms with E-state index in [1.165, 1.54) is 25.7 Å². The maximum Gasteiger partial charge on any atom is 0.317 e. The number of urea groups is 1. The van der Waals surface area contributed by atoms with Gasteiger partial charge in [-0.1, -0.05) is 0 Å². The number of hydrogen-bond acceptors (Lipinski definition) is 3. The Hall–Kier alpha value is -0.810. The molecule has 0 aromatic carbocycles. The third kappa shape index (κ3) is 3.09. The summed E-state index contributed by atoms with van der Waals surface area (Å²) in [5.74, 6) is 0. The lowest BCUT2D eigenvalue weighted by atomic mass is 10.1. The molecule has 0 aromatic heterocycles. The van der Waals surface area contributed by atoms with E-state index in [1.54, 1.807) is 0 Å². The molecule has 0 radical (unpaired) electrons. The lowest BCUT2D eigenvalue weighted by Crippen LogP contribution is -2.46. The maximum absolute atomic E-state index is 12.3. The van der Waals surface area contributed by atoms with Gasteiger partial charge in [0.2, 0.25) is 0 Å². The van der Waals surface area contributed by atoms with Crippen LogP contribution in [0, 0.1) is 0 Å². The standard InChI is InChI=1S/C15H28N4O/c1-17(12-3-4-12)10-8-16-15(20)19-9-7-13-5-6-14(11-19)18(13)2/h12-14H,3-11H2,1-2H3,(H,16,20)/t13-,14+/m1/s1. The second-order valence-electron chi connectivity index (χ2n) is 6.73. The molecule has 1 saturated carbocycles. The summed E-state index contributed by atoms with van der Waals surface area (Å²) >= 11 is 0. The molecule has 0 aromatic rings. The molecule has 114 valence electrons. The van der Waals surface area contributed by atoms with Crippen molar-refractivity contribution in [1.82, 2.24) is 20.0 Å². The highest BCUT2D eigenvalue weighted by molar-refractivity contribution is 5.74. The summed E-state index contributed by atoms with van der Waals surface area (Å²) in [5.41, 5.74) is 0. The molecule has 3 rings (SSSR count). The van der Waals surface area contributed by atoms with E-state index in [9.17, 15) is 4.79 Å². The maximum atomic E-state index is 12.3. The van der Waals surface area contributed by atoms with Crippen LogP contribution >= 0.6 is 0 Å². The van der Waals surface area contributed by atoms with Gasteiger partial charge < -0.3 is 15.1 Å². The first-order valence-electron chi connectivity index (χ1n) is 8.10. The lowest BCUT2D eigenvalue weighted by Gasteiger charge is -2.26. The number of fused-ring (bicyclic) bond motifs is 2. The van der Waals surface area contributed by atoms with Crippen molar-refractivity contribution in [2.45, 2.75) is 50.2 Å². The summed E-state index contributed by atoms with van der Waals surface area (Å²) < 4.78 is 0. The molecular formula is C15H28N4O. The average Bonchev–Trinajstić information content (AvgIpc) is 3.19. The molecule has 2 aliphatic heterocycles. The second-order valence-corrected chi connectivity index (χ2v) is 6.73. The molecule has 2 heterocycles. The lowest BCUT2D eigenvalue weighted by molar-refractivity contribution is 0.186. The van der Waals surface area contributed by atoms with Gasteiger partial charge in [0.1, 0.15) is 0 Å². The first kappa shape index (κ1) is 14.1. The Morgan fingerprint density at radius 1 is 1.20 bits per heavy atom. The summed E-state index contributed by atoms with van der Waals surface area (Å²) in [6, 6.07) is 2.17. The molecule has 3 fully saturated rings. The summed E-state index contributed by atoms with van der Waals surface area (Å²) in [6.07, 6.45) is 6.33.